The van der Waals surface area contributed by atoms with Gasteiger partial charge < -0.3 is 29.0 Å². The van der Waals surface area contributed by atoms with Gasteiger partial charge >= 0.3 is 7.12 Å². The first kappa shape index (κ1) is 18.7. The maximum atomic E-state index is 9.04. The highest BCUT2D eigenvalue weighted by atomic mass is 16.5. The molecule has 2 rings (SSSR count). The summed E-state index contributed by atoms with van der Waals surface area (Å²) < 4.78 is 19.9. The molecular weight excluding hydrogens is 299 g/mol. The standard InChI is InChI=1S/C8H11BO4.C8H10O2/c1-12-6-4-3-5-7(13-2)8(6)9(10)11;1-9-7-4-3-5-8(6-7)10-2/h3-5,10-11H,1-2H3;3-6H,1-2H3. The zero-order valence-electron chi connectivity index (χ0n) is 13.6. The molecule has 0 bridgehead atoms. The highest BCUT2D eigenvalue weighted by molar-refractivity contribution is 6.60. The van der Waals surface area contributed by atoms with Gasteiger partial charge in [0.15, 0.2) is 0 Å². The van der Waals surface area contributed by atoms with Crippen molar-refractivity contribution >= 4 is 12.6 Å². The van der Waals surface area contributed by atoms with Gasteiger partial charge in [-0.2, -0.15) is 0 Å². The van der Waals surface area contributed by atoms with Crippen LogP contribution in [0.1, 0.15) is 0 Å². The Labute approximate surface area is 136 Å². The van der Waals surface area contributed by atoms with Gasteiger partial charge in [-0.05, 0) is 24.3 Å². The van der Waals surface area contributed by atoms with Gasteiger partial charge in [-0.15, -0.1) is 0 Å². The summed E-state index contributed by atoms with van der Waals surface area (Å²) in [5.41, 5.74) is 0.243. The van der Waals surface area contributed by atoms with Crippen molar-refractivity contribution in [2.24, 2.45) is 0 Å². The fraction of sp³-hybridized carbons (Fsp3) is 0.250. The number of hydrogen-bond acceptors (Lipinski definition) is 6. The fourth-order valence-electron chi connectivity index (χ4n) is 1.86. The summed E-state index contributed by atoms with van der Waals surface area (Å²) >= 11 is 0. The Balaban J connectivity index is 0.000000238. The van der Waals surface area contributed by atoms with Crippen molar-refractivity contribution < 1.29 is 29.0 Å². The Hall–Kier alpha value is -2.38. The van der Waals surface area contributed by atoms with Crippen LogP contribution in [0.4, 0.5) is 0 Å². The van der Waals surface area contributed by atoms with Gasteiger partial charge in [-0.25, -0.2) is 0 Å². The van der Waals surface area contributed by atoms with E-state index in [0.717, 1.165) is 11.5 Å². The molecule has 0 saturated carbocycles. The van der Waals surface area contributed by atoms with E-state index in [9.17, 15) is 0 Å². The van der Waals surface area contributed by atoms with Crippen LogP contribution in [-0.4, -0.2) is 45.6 Å². The number of hydrogen-bond donors (Lipinski definition) is 2. The normalized spacial score (nSPS) is 9.30. The number of benzene rings is 2. The lowest BCUT2D eigenvalue weighted by Crippen LogP contribution is -2.32. The Bertz CT molecular complexity index is 561. The van der Waals surface area contributed by atoms with Crippen LogP contribution >= 0.6 is 0 Å². The third-order valence-electron chi connectivity index (χ3n) is 3.00. The Kier molecular flexibility index (Phi) is 7.80. The van der Waals surface area contributed by atoms with Crippen molar-refractivity contribution in [2.75, 3.05) is 28.4 Å². The molecule has 7 heteroatoms. The highest BCUT2D eigenvalue weighted by Crippen LogP contribution is 2.18. The molecule has 0 heterocycles. The van der Waals surface area contributed by atoms with E-state index < -0.39 is 7.12 Å². The molecule has 23 heavy (non-hydrogen) atoms. The van der Waals surface area contributed by atoms with E-state index in [4.69, 9.17) is 29.0 Å². The average Bonchev–Trinajstić information content (AvgIpc) is 2.61. The van der Waals surface area contributed by atoms with E-state index in [1.165, 1.54) is 14.2 Å². The Morgan fingerprint density at radius 1 is 0.696 bits per heavy atom. The van der Waals surface area contributed by atoms with Crippen molar-refractivity contribution in [3.05, 3.63) is 42.5 Å². The predicted molar refractivity (Wildman–Crippen MR) is 88.9 cm³/mol. The van der Waals surface area contributed by atoms with Gasteiger partial charge in [0.2, 0.25) is 0 Å². The van der Waals surface area contributed by atoms with Gasteiger partial charge in [-0.1, -0.05) is 12.1 Å². The molecule has 0 saturated heterocycles. The molecule has 0 fully saturated rings. The second-order valence-electron chi connectivity index (χ2n) is 4.33. The first-order valence-corrected chi connectivity index (χ1v) is 6.82. The number of methoxy groups -OCH3 is 4. The van der Waals surface area contributed by atoms with Crippen molar-refractivity contribution in [3.63, 3.8) is 0 Å². The molecule has 0 aliphatic rings. The van der Waals surface area contributed by atoms with Crippen LogP contribution in [0.2, 0.25) is 0 Å². The molecule has 2 aromatic carbocycles. The summed E-state index contributed by atoms with van der Waals surface area (Å²) in [5.74, 6) is 2.43. The van der Waals surface area contributed by atoms with E-state index in [-0.39, 0.29) is 5.46 Å². The quantitative estimate of drug-likeness (QED) is 0.803. The van der Waals surface area contributed by atoms with Crippen LogP contribution in [-0.2, 0) is 0 Å². The van der Waals surface area contributed by atoms with Crippen LogP contribution in [0.15, 0.2) is 42.5 Å². The third-order valence-corrected chi connectivity index (χ3v) is 3.00. The molecule has 0 aliphatic carbocycles. The molecule has 0 atom stereocenters. The van der Waals surface area contributed by atoms with E-state index in [0.29, 0.717) is 11.5 Å². The van der Waals surface area contributed by atoms with Gasteiger partial charge in [0, 0.05) is 6.07 Å². The van der Waals surface area contributed by atoms with E-state index in [1.54, 1.807) is 32.4 Å². The molecule has 2 aromatic rings. The lowest BCUT2D eigenvalue weighted by Gasteiger charge is -2.11. The second-order valence-corrected chi connectivity index (χ2v) is 4.33. The van der Waals surface area contributed by atoms with Crippen LogP contribution < -0.4 is 24.4 Å². The summed E-state index contributed by atoms with van der Waals surface area (Å²) in [6.07, 6.45) is 0. The number of ether oxygens (including phenoxy) is 4. The molecule has 0 aromatic heterocycles. The van der Waals surface area contributed by atoms with Crippen LogP contribution in [0.3, 0.4) is 0 Å². The summed E-state index contributed by atoms with van der Waals surface area (Å²) in [6.45, 7) is 0. The SMILES string of the molecule is COc1cccc(OC)c1.COc1cccc(OC)c1B(O)O. The van der Waals surface area contributed by atoms with Gasteiger partial charge in [0.1, 0.15) is 23.0 Å². The second kappa shape index (κ2) is 9.60. The Morgan fingerprint density at radius 2 is 1.13 bits per heavy atom. The average molecular weight is 320 g/mol. The van der Waals surface area contributed by atoms with Gasteiger partial charge in [0.25, 0.3) is 0 Å². The lowest BCUT2D eigenvalue weighted by molar-refractivity contribution is 0.385. The largest absolute Gasteiger partial charge is 0.497 e. The van der Waals surface area contributed by atoms with E-state index >= 15 is 0 Å². The monoisotopic (exact) mass is 320 g/mol. The van der Waals surface area contributed by atoms with Crippen LogP contribution in [0.5, 0.6) is 23.0 Å². The summed E-state index contributed by atoms with van der Waals surface area (Å²) in [7, 11) is 4.59. The van der Waals surface area contributed by atoms with Gasteiger partial charge in [0.05, 0.1) is 33.9 Å². The minimum Gasteiger partial charge on any atom is -0.497 e. The maximum absolute atomic E-state index is 9.04. The molecular formula is C16H21BO6. The van der Waals surface area contributed by atoms with Gasteiger partial charge in [-0.3, -0.25) is 0 Å². The lowest BCUT2D eigenvalue weighted by atomic mass is 9.78. The smallest absolute Gasteiger partial charge is 0.496 e. The first-order valence-electron chi connectivity index (χ1n) is 6.82. The molecule has 0 amide bonds. The molecule has 0 spiro atoms. The zero-order valence-corrected chi connectivity index (χ0v) is 13.6. The van der Waals surface area contributed by atoms with Crippen LogP contribution in [0.25, 0.3) is 0 Å². The Morgan fingerprint density at radius 3 is 1.48 bits per heavy atom. The summed E-state index contributed by atoms with van der Waals surface area (Å²) in [6, 6.07) is 12.5. The highest BCUT2D eigenvalue weighted by Gasteiger charge is 2.21. The molecule has 124 valence electrons. The molecule has 0 unspecified atom stereocenters. The van der Waals surface area contributed by atoms with Crippen LogP contribution in [0, 0.1) is 0 Å². The maximum Gasteiger partial charge on any atom is 0.496 e. The third kappa shape index (κ3) is 5.39. The summed E-state index contributed by atoms with van der Waals surface area (Å²) in [4.78, 5) is 0. The van der Waals surface area contributed by atoms with Crippen molar-refractivity contribution in [3.8, 4) is 23.0 Å². The fourth-order valence-corrected chi connectivity index (χ4v) is 1.86. The topological polar surface area (TPSA) is 77.4 Å². The zero-order chi connectivity index (χ0) is 17.2. The molecule has 0 radical (unpaired) electrons. The summed E-state index contributed by atoms with van der Waals surface area (Å²) in [5, 5.41) is 18.1. The van der Waals surface area contributed by atoms with Crippen molar-refractivity contribution in [1.29, 1.82) is 0 Å². The molecule has 6 nitrogen and oxygen atoms in total. The molecule has 2 N–H and O–H groups in total. The number of rotatable bonds is 5. The van der Waals surface area contributed by atoms with E-state index in [1.807, 2.05) is 24.3 Å². The minimum absolute atomic E-state index is 0.243. The van der Waals surface area contributed by atoms with Crippen molar-refractivity contribution in [1.82, 2.24) is 0 Å². The predicted octanol–water partition coefficient (Wildman–Crippen LogP) is 1.09. The molecule has 0 aliphatic heterocycles. The van der Waals surface area contributed by atoms with Crippen molar-refractivity contribution in [2.45, 2.75) is 0 Å². The first-order chi connectivity index (χ1) is 11.1. The van der Waals surface area contributed by atoms with E-state index in [2.05, 4.69) is 0 Å². The minimum atomic E-state index is -1.59.